The summed E-state index contributed by atoms with van der Waals surface area (Å²) in [4.78, 5) is 11.9. The summed E-state index contributed by atoms with van der Waals surface area (Å²) in [6.45, 7) is 0.582. The van der Waals surface area contributed by atoms with Gasteiger partial charge in [0.15, 0.2) is 0 Å². The summed E-state index contributed by atoms with van der Waals surface area (Å²) in [7, 11) is 0. The van der Waals surface area contributed by atoms with Crippen molar-refractivity contribution in [2.45, 2.75) is 6.42 Å². The summed E-state index contributed by atoms with van der Waals surface area (Å²) in [6, 6.07) is 15.4. The molecule has 104 valence electrons. The third-order valence-electron chi connectivity index (χ3n) is 2.69. The molecular formula is C15H14Br2N2O. The van der Waals surface area contributed by atoms with Gasteiger partial charge in [0, 0.05) is 27.6 Å². The van der Waals surface area contributed by atoms with Gasteiger partial charge in [-0.3, -0.25) is 4.79 Å². The normalized spacial score (nSPS) is 10.1. The van der Waals surface area contributed by atoms with Crippen molar-refractivity contribution < 1.29 is 4.79 Å². The standard InChI is InChI=1S/C15H14Br2N2O/c16-11-5-1-3-7-13(11)18-10-9-15(20)19-14-8-4-2-6-12(14)17/h1-8,18H,9-10H2,(H,19,20). The number of benzene rings is 2. The van der Waals surface area contributed by atoms with Crippen LogP contribution in [-0.4, -0.2) is 12.5 Å². The highest BCUT2D eigenvalue weighted by Crippen LogP contribution is 2.22. The summed E-state index contributed by atoms with van der Waals surface area (Å²) in [5.41, 5.74) is 1.78. The predicted octanol–water partition coefficient (Wildman–Crippen LogP) is 4.65. The SMILES string of the molecule is O=C(CCNc1ccccc1Br)Nc1ccccc1Br. The van der Waals surface area contributed by atoms with Gasteiger partial charge >= 0.3 is 0 Å². The van der Waals surface area contributed by atoms with Crippen molar-refractivity contribution in [2.75, 3.05) is 17.2 Å². The molecule has 2 rings (SSSR count). The van der Waals surface area contributed by atoms with E-state index in [1.165, 1.54) is 0 Å². The molecule has 0 fully saturated rings. The van der Waals surface area contributed by atoms with E-state index in [2.05, 4.69) is 42.5 Å². The topological polar surface area (TPSA) is 41.1 Å². The largest absolute Gasteiger partial charge is 0.384 e. The van der Waals surface area contributed by atoms with Crippen molar-refractivity contribution in [3.8, 4) is 0 Å². The second-order valence-electron chi connectivity index (χ2n) is 4.18. The molecule has 0 saturated carbocycles. The molecule has 2 aromatic rings. The first-order valence-corrected chi connectivity index (χ1v) is 7.78. The van der Waals surface area contributed by atoms with Crippen LogP contribution in [0.5, 0.6) is 0 Å². The maximum atomic E-state index is 11.9. The van der Waals surface area contributed by atoms with E-state index in [1.54, 1.807) is 0 Å². The Kier molecular flexibility index (Phi) is 5.61. The Morgan fingerprint density at radius 3 is 2.05 bits per heavy atom. The Balaban J connectivity index is 1.82. The van der Waals surface area contributed by atoms with Crippen molar-refractivity contribution >= 4 is 49.1 Å². The number of carbonyl (C=O) groups excluding carboxylic acids is 1. The molecule has 20 heavy (non-hydrogen) atoms. The van der Waals surface area contributed by atoms with Crippen LogP contribution in [0.4, 0.5) is 11.4 Å². The lowest BCUT2D eigenvalue weighted by molar-refractivity contribution is -0.115. The van der Waals surface area contributed by atoms with Crippen molar-refractivity contribution in [1.82, 2.24) is 0 Å². The van der Waals surface area contributed by atoms with E-state index in [-0.39, 0.29) is 5.91 Å². The van der Waals surface area contributed by atoms with Gasteiger partial charge in [-0.15, -0.1) is 0 Å². The van der Waals surface area contributed by atoms with Gasteiger partial charge in [0.2, 0.25) is 5.91 Å². The Hall–Kier alpha value is -1.33. The van der Waals surface area contributed by atoms with E-state index in [0.29, 0.717) is 13.0 Å². The summed E-state index contributed by atoms with van der Waals surface area (Å²) in [5.74, 6) is -0.0172. The maximum Gasteiger partial charge on any atom is 0.226 e. The smallest absolute Gasteiger partial charge is 0.226 e. The van der Waals surface area contributed by atoms with Gasteiger partial charge in [-0.05, 0) is 56.1 Å². The van der Waals surface area contributed by atoms with E-state index < -0.39 is 0 Å². The molecule has 0 aromatic heterocycles. The van der Waals surface area contributed by atoms with Crippen LogP contribution in [0.2, 0.25) is 0 Å². The van der Waals surface area contributed by atoms with E-state index in [1.807, 2.05) is 48.5 Å². The number of anilines is 2. The zero-order valence-electron chi connectivity index (χ0n) is 10.7. The fourth-order valence-electron chi connectivity index (χ4n) is 1.69. The van der Waals surface area contributed by atoms with Gasteiger partial charge in [-0.1, -0.05) is 24.3 Å². The van der Waals surface area contributed by atoms with Gasteiger partial charge in [0.05, 0.1) is 5.69 Å². The molecule has 0 aliphatic heterocycles. The third kappa shape index (κ3) is 4.35. The fourth-order valence-corrected chi connectivity index (χ4v) is 2.50. The molecule has 3 nitrogen and oxygen atoms in total. The van der Waals surface area contributed by atoms with Crippen LogP contribution in [0.15, 0.2) is 57.5 Å². The average molecular weight is 398 g/mol. The molecule has 0 bridgehead atoms. The minimum atomic E-state index is -0.0172. The number of rotatable bonds is 5. The van der Waals surface area contributed by atoms with Crippen LogP contribution in [0.3, 0.4) is 0 Å². The molecule has 0 unspecified atom stereocenters. The minimum absolute atomic E-state index is 0.0172. The number of amides is 1. The number of halogens is 2. The van der Waals surface area contributed by atoms with Gasteiger partial charge < -0.3 is 10.6 Å². The molecule has 2 aromatic carbocycles. The average Bonchev–Trinajstić information content (AvgIpc) is 2.43. The highest BCUT2D eigenvalue weighted by Gasteiger charge is 2.05. The minimum Gasteiger partial charge on any atom is -0.384 e. The highest BCUT2D eigenvalue weighted by atomic mass is 79.9. The number of para-hydroxylation sites is 2. The zero-order valence-corrected chi connectivity index (χ0v) is 13.9. The predicted molar refractivity (Wildman–Crippen MR) is 90.0 cm³/mol. The monoisotopic (exact) mass is 396 g/mol. The molecule has 0 saturated heterocycles. The molecule has 0 heterocycles. The molecule has 1 amide bonds. The van der Waals surface area contributed by atoms with E-state index in [4.69, 9.17) is 0 Å². The number of nitrogens with one attached hydrogen (secondary N) is 2. The highest BCUT2D eigenvalue weighted by molar-refractivity contribution is 9.11. The van der Waals surface area contributed by atoms with Gasteiger partial charge in [-0.2, -0.15) is 0 Å². The van der Waals surface area contributed by atoms with Crippen molar-refractivity contribution in [1.29, 1.82) is 0 Å². The first-order chi connectivity index (χ1) is 9.66. The zero-order chi connectivity index (χ0) is 14.4. The summed E-state index contributed by atoms with van der Waals surface area (Å²) in [5, 5.41) is 6.10. The molecule has 0 spiro atoms. The number of carbonyl (C=O) groups is 1. The van der Waals surface area contributed by atoms with Crippen LogP contribution < -0.4 is 10.6 Å². The maximum absolute atomic E-state index is 11.9. The van der Waals surface area contributed by atoms with Gasteiger partial charge in [0.25, 0.3) is 0 Å². The number of hydrogen-bond donors (Lipinski definition) is 2. The lowest BCUT2D eigenvalue weighted by atomic mass is 10.3. The fraction of sp³-hybridized carbons (Fsp3) is 0.133. The lowest BCUT2D eigenvalue weighted by Gasteiger charge is -2.09. The summed E-state index contributed by atoms with van der Waals surface area (Å²) >= 11 is 6.86. The molecule has 0 aliphatic carbocycles. The quantitative estimate of drug-likeness (QED) is 0.770. The first kappa shape index (κ1) is 15.1. The number of hydrogen-bond acceptors (Lipinski definition) is 2. The van der Waals surface area contributed by atoms with Crippen LogP contribution in [0.25, 0.3) is 0 Å². The summed E-state index contributed by atoms with van der Waals surface area (Å²) in [6.07, 6.45) is 0.405. The molecule has 5 heteroatoms. The second kappa shape index (κ2) is 7.45. The molecule has 0 radical (unpaired) electrons. The summed E-state index contributed by atoms with van der Waals surface area (Å²) < 4.78 is 1.87. The first-order valence-electron chi connectivity index (χ1n) is 6.19. The molecule has 0 aliphatic rings. The molecular weight excluding hydrogens is 384 g/mol. The molecule has 2 N–H and O–H groups in total. The van der Waals surface area contributed by atoms with E-state index in [9.17, 15) is 4.79 Å². The van der Waals surface area contributed by atoms with Gasteiger partial charge in [-0.25, -0.2) is 0 Å². The Labute approximate surface area is 135 Å². The van der Waals surface area contributed by atoms with E-state index in [0.717, 1.165) is 20.3 Å². The second-order valence-corrected chi connectivity index (χ2v) is 5.89. The van der Waals surface area contributed by atoms with Crippen LogP contribution in [0.1, 0.15) is 6.42 Å². The van der Waals surface area contributed by atoms with Crippen LogP contribution in [-0.2, 0) is 4.79 Å². The van der Waals surface area contributed by atoms with Gasteiger partial charge in [0.1, 0.15) is 0 Å². The molecule has 0 atom stereocenters. The van der Waals surface area contributed by atoms with Crippen molar-refractivity contribution in [2.24, 2.45) is 0 Å². The lowest BCUT2D eigenvalue weighted by Crippen LogP contribution is -2.16. The van der Waals surface area contributed by atoms with Crippen LogP contribution in [0, 0.1) is 0 Å². The Morgan fingerprint density at radius 1 is 0.900 bits per heavy atom. The Morgan fingerprint density at radius 2 is 1.45 bits per heavy atom. The van der Waals surface area contributed by atoms with Crippen LogP contribution >= 0.6 is 31.9 Å². The van der Waals surface area contributed by atoms with E-state index >= 15 is 0 Å². The van der Waals surface area contributed by atoms with Crippen molar-refractivity contribution in [3.63, 3.8) is 0 Å². The Bertz CT molecular complexity index is 602. The van der Waals surface area contributed by atoms with Crippen molar-refractivity contribution in [3.05, 3.63) is 57.5 Å². The third-order valence-corrected chi connectivity index (χ3v) is 4.07.